The molecule has 1 N–H and O–H groups in total. The van der Waals surface area contributed by atoms with E-state index < -0.39 is 0 Å². The lowest BCUT2D eigenvalue weighted by Crippen LogP contribution is -2.42. The quantitative estimate of drug-likeness (QED) is 0.634. The van der Waals surface area contributed by atoms with Crippen LogP contribution in [0.25, 0.3) is 22.3 Å². The summed E-state index contributed by atoms with van der Waals surface area (Å²) in [7, 11) is 1.64. The van der Waals surface area contributed by atoms with E-state index in [2.05, 4.69) is 21.2 Å². The zero-order valence-corrected chi connectivity index (χ0v) is 19.2. The van der Waals surface area contributed by atoms with E-state index in [-0.39, 0.29) is 18.1 Å². The lowest BCUT2D eigenvalue weighted by atomic mass is 10.1. The maximum absolute atomic E-state index is 12.2. The van der Waals surface area contributed by atoms with Gasteiger partial charge in [0, 0.05) is 50.6 Å². The maximum Gasteiger partial charge on any atom is 0.251 e. The SMILES string of the molecule is CNC(=O)c1cccc(-c2cc(N3CC4CCC(C3)O4)c3cnc(N4CCOCC4)nc3n2)c1. The van der Waals surface area contributed by atoms with Crippen molar-refractivity contribution >= 4 is 28.6 Å². The van der Waals surface area contributed by atoms with Crippen molar-refractivity contribution in [1.82, 2.24) is 20.3 Å². The third-order valence-corrected chi connectivity index (χ3v) is 6.86. The molecule has 9 heteroatoms. The molecule has 3 saturated heterocycles. The minimum absolute atomic E-state index is 0.121. The number of rotatable bonds is 4. The number of carbonyl (C=O) groups excluding carboxylic acids is 1. The Morgan fingerprint density at radius 1 is 1.06 bits per heavy atom. The predicted molar refractivity (Wildman–Crippen MR) is 129 cm³/mol. The number of fused-ring (bicyclic) bond motifs is 3. The molecular formula is C25H28N6O3. The molecule has 176 valence electrons. The number of pyridine rings is 1. The molecule has 3 aromatic rings. The zero-order chi connectivity index (χ0) is 23.1. The average Bonchev–Trinajstić information content (AvgIpc) is 3.24. The van der Waals surface area contributed by atoms with Crippen LogP contribution in [-0.4, -0.2) is 79.5 Å². The zero-order valence-electron chi connectivity index (χ0n) is 19.2. The van der Waals surface area contributed by atoms with Gasteiger partial charge in [0.25, 0.3) is 5.91 Å². The summed E-state index contributed by atoms with van der Waals surface area (Å²) in [5.74, 6) is 0.553. The minimum atomic E-state index is -0.121. The number of nitrogens with one attached hydrogen (secondary N) is 1. The summed E-state index contributed by atoms with van der Waals surface area (Å²) in [6, 6.07) is 9.66. The number of ether oxygens (including phenoxy) is 2. The molecule has 3 aliphatic rings. The van der Waals surface area contributed by atoms with Gasteiger partial charge in [-0.05, 0) is 31.0 Å². The van der Waals surface area contributed by atoms with Crippen molar-refractivity contribution in [2.45, 2.75) is 25.0 Å². The van der Waals surface area contributed by atoms with Crippen LogP contribution in [0, 0.1) is 0 Å². The summed E-state index contributed by atoms with van der Waals surface area (Å²) < 4.78 is 11.6. The molecule has 3 fully saturated rings. The molecule has 6 rings (SSSR count). The predicted octanol–water partition coefficient (Wildman–Crippen LogP) is 2.26. The summed E-state index contributed by atoms with van der Waals surface area (Å²) in [4.78, 5) is 31.3. The third-order valence-electron chi connectivity index (χ3n) is 6.86. The minimum Gasteiger partial charge on any atom is -0.378 e. The van der Waals surface area contributed by atoms with E-state index in [1.807, 2.05) is 30.5 Å². The fourth-order valence-corrected chi connectivity index (χ4v) is 5.08. The van der Waals surface area contributed by atoms with Gasteiger partial charge < -0.3 is 24.6 Å². The second-order valence-electron chi connectivity index (χ2n) is 9.06. The fourth-order valence-electron chi connectivity index (χ4n) is 5.08. The smallest absolute Gasteiger partial charge is 0.251 e. The van der Waals surface area contributed by atoms with Gasteiger partial charge in [0.2, 0.25) is 5.95 Å². The lowest BCUT2D eigenvalue weighted by Gasteiger charge is -2.34. The lowest BCUT2D eigenvalue weighted by molar-refractivity contribution is 0.0306. The first kappa shape index (κ1) is 21.2. The number of aromatic nitrogens is 3. The van der Waals surface area contributed by atoms with Crippen molar-refractivity contribution in [1.29, 1.82) is 0 Å². The Morgan fingerprint density at radius 2 is 1.85 bits per heavy atom. The van der Waals surface area contributed by atoms with Gasteiger partial charge in [-0.3, -0.25) is 4.79 Å². The molecule has 9 nitrogen and oxygen atoms in total. The van der Waals surface area contributed by atoms with Gasteiger partial charge in [-0.2, -0.15) is 4.98 Å². The van der Waals surface area contributed by atoms with Crippen molar-refractivity contribution in [3.05, 3.63) is 42.1 Å². The Bertz CT molecular complexity index is 1220. The first-order valence-electron chi connectivity index (χ1n) is 11.9. The van der Waals surface area contributed by atoms with Crippen molar-refractivity contribution in [2.24, 2.45) is 0 Å². The van der Waals surface area contributed by atoms with Gasteiger partial charge in [-0.25, -0.2) is 9.97 Å². The summed E-state index contributed by atoms with van der Waals surface area (Å²) in [5.41, 5.74) is 4.00. The molecule has 1 aromatic carbocycles. The molecule has 2 unspecified atom stereocenters. The number of carbonyl (C=O) groups is 1. The largest absolute Gasteiger partial charge is 0.378 e. The highest BCUT2D eigenvalue weighted by atomic mass is 16.5. The number of hydrogen-bond acceptors (Lipinski definition) is 8. The fraction of sp³-hybridized carbons (Fsp3) is 0.440. The van der Waals surface area contributed by atoms with Gasteiger partial charge in [0.15, 0.2) is 5.65 Å². The highest BCUT2D eigenvalue weighted by molar-refractivity contribution is 5.96. The summed E-state index contributed by atoms with van der Waals surface area (Å²) >= 11 is 0. The summed E-state index contributed by atoms with van der Waals surface area (Å²) in [5, 5.41) is 3.63. The van der Waals surface area contributed by atoms with E-state index in [4.69, 9.17) is 24.4 Å². The number of nitrogens with zero attached hydrogens (tertiary/aromatic N) is 5. The van der Waals surface area contributed by atoms with Crippen LogP contribution >= 0.6 is 0 Å². The van der Waals surface area contributed by atoms with E-state index in [0.717, 1.165) is 61.4 Å². The maximum atomic E-state index is 12.2. The van der Waals surface area contributed by atoms with Crippen LogP contribution in [0.3, 0.4) is 0 Å². The molecule has 5 heterocycles. The Morgan fingerprint density at radius 3 is 2.62 bits per heavy atom. The highest BCUT2D eigenvalue weighted by Crippen LogP contribution is 2.35. The number of anilines is 2. The molecule has 0 saturated carbocycles. The molecule has 0 radical (unpaired) electrons. The van der Waals surface area contributed by atoms with Crippen LogP contribution in [0.5, 0.6) is 0 Å². The summed E-state index contributed by atoms with van der Waals surface area (Å²) in [6.45, 7) is 4.56. The monoisotopic (exact) mass is 460 g/mol. The number of hydrogen-bond donors (Lipinski definition) is 1. The van der Waals surface area contributed by atoms with Crippen LogP contribution < -0.4 is 15.1 Å². The molecule has 34 heavy (non-hydrogen) atoms. The van der Waals surface area contributed by atoms with E-state index in [1.54, 1.807) is 7.05 Å². The molecule has 2 bridgehead atoms. The van der Waals surface area contributed by atoms with Gasteiger partial charge in [0.05, 0.1) is 42.2 Å². The third kappa shape index (κ3) is 3.95. The van der Waals surface area contributed by atoms with E-state index in [0.29, 0.717) is 30.4 Å². The first-order valence-corrected chi connectivity index (χ1v) is 11.9. The van der Waals surface area contributed by atoms with Crippen LogP contribution in [0.2, 0.25) is 0 Å². The van der Waals surface area contributed by atoms with Gasteiger partial charge >= 0.3 is 0 Å². The van der Waals surface area contributed by atoms with Gasteiger partial charge in [-0.1, -0.05) is 12.1 Å². The van der Waals surface area contributed by atoms with Crippen molar-refractivity contribution in [3.63, 3.8) is 0 Å². The number of amides is 1. The van der Waals surface area contributed by atoms with Gasteiger partial charge in [-0.15, -0.1) is 0 Å². The van der Waals surface area contributed by atoms with E-state index in [9.17, 15) is 4.79 Å². The van der Waals surface area contributed by atoms with E-state index >= 15 is 0 Å². The molecule has 2 aromatic heterocycles. The van der Waals surface area contributed by atoms with Crippen molar-refractivity contribution < 1.29 is 14.3 Å². The van der Waals surface area contributed by atoms with Crippen LogP contribution in [-0.2, 0) is 9.47 Å². The second-order valence-corrected chi connectivity index (χ2v) is 9.06. The molecule has 2 atom stereocenters. The highest BCUT2D eigenvalue weighted by Gasteiger charge is 2.34. The molecule has 0 spiro atoms. The molecule has 0 aliphatic carbocycles. The van der Waals surface area contributed by atoms with Crippen LogP contribution in [0.1, 0.15) is 23.2 Å². The Hall–Kier alpha value is -3.30. The number of morpholine rings is 2. The Labute approximate surface area is 198 Å². The normalized spacial score (nSPS) is 22.3. The summed E-state index contributed by atoms with van der Waals surface area (Å²) in [6.07, 6.45) is 4.62. The standard InChI is InChI=1S/C25H28N6O3/c1-26-24(32)17-4-2-3-16(11-17)21-12-22(31-14-18-5-6-19(15-31)34-18)20-13-27-25(29-23(20)28-21)30-7-9-33-10-8-30/h2-4,11-13,18-19H,5-10,14-15H2,1H3,(H,26,32). The van der Waals surface area contributed by atoms with Gasteiger partial charge in [0.1, 0.15) is 0 Å². The Kier molecular flexibility index (Phi) is 5.50. The molecule has 3 aliphatic heterocycles. The van der Waals surface area contributed by atoms with E-state index in [1.165, 1.54) is 0 Å². The van der Waals surface area contributed by atoms with Crippen molar-refractivity contribution in [2.75, 3.05) is 56.2 Å². The second kappa shape index (κ2) is 8.81. The van der Waals surface area contributed by atoms with Crippen LogP contribution in [0.15, 0.2) is 36.5 Å². The topological polar surface area (TPSA) is 92.7 Å². The number of benzene rings is 1. The molecule has 1 amide bonds. The average molecular weight is 461 g/mol. The Balaban J connectivity index is 1.47. The van der Waals surface area contributed by atoms with Crippen molar-refractivity contribution in [3.8, 4) is 11.3 Å². The van der Waals surface area contributed by atoms with Crippen LogP contribution in [0.4, 0.5) is 11.6 Å². The first-order chi connectivity index (χ1) is 16.7. The molecular weight excluding hydrogens is 432 g/mol.